The van der Waals surface area contributed by atoms with E-state index in [1.807, 2.05) is 49.4 Å². The Bertz CT molecular complexity index is 684. The topological polar surface area (TPSA) is 53.6 Å². The highest BCUT2D eigenvalue weighted by atomic mass is 16.5. The van der Waals surface area contributed by atoms with E-state index in [1.165, 1.54) is 5.56 Å². The van der Waals surface area contributed by atoms with E-state index in [0.717, 1.165) is 37.6 Å². The molecule has 1 aliphatic heterocycles. The van der Waals surface area contributed by atoms with Crippen molar-refractivity contribution in [2.24, 2.45) is 0 Å². The molecule has 1 aliphatic rings. The molecule has 1 heterocycles. The van der Waals surface area contributed by atoms with Gasteiger partial charge in [-0.1, -0.05) is 42.5 Å². The van der Waals surface area contributed by atoms with Gasteiger partial charge < -0.3 is 15.4 Å². The molecular formula is C20H25N3O2. The molecule has 0 aliphatic carbocycles. The van der Waals surface area contributed by atoms with E-state index >= 15 is 0 Å². The van der Waals surface area contributed by atoms with Crippen LogP contribution in [0.1, 0.15) is 17.2 Å². The average Bonchev–Trinajstić information content (AvgIpc) is 2.64. The van der Waals surface area contributed by atoms with Crippen molar-refractivity contribution in [1.82, 2.24) is 10.2 Å². The van der Waals surface area contributed by atoms with Crippen LogP contribution in [0.3, 0.4) is 0 Å². The zero-order chi connectivity index (χ0) is 17.5. The molecule has 2 aromatic rings. The van der Waals surface area contributed by atoms with Crippen LogP contribution in [0.25, 0.3) is 0 Å². The molecule has 1 atom stereocenters. The van der Waals surface area contributed by atoms with Gasteiger partial charge in [-0.3, -0.25) is 4.90 Å². The first-order valence-electron chi connectivity index (χ1n) is 8.70. The maximum Gasteiger partial charge on any atom is 0.319 e. The average molecular weight is 339 g/mol. The van der Waals surface area contributed by atoms with Gasteiger partial charge in [0.15, 0.2) is 0 Å². The van der Waals surface area contributed by atoms with Crippen LogP contribution in [-0.2, 0) is 4.74 Å². The second kappa shape index (κ2) is 8.65. The van der Waals surface area contributed by atoms with Crippen LogP contribution >= 0.6 is 0 Å². The maximum atomic E-state index is 12.3. The van der Waals surface area contributed by atoms with Crippen LogP contribution in [0.2, 0.25) is 0 Å². The zero-order valence-corrected chi connectivity index (χ0v) is 14.6. The molecule has 0 spiro atoms. The van der Waals surface area contributed by atoms with Crippen LogP contribution < -0.4 is 10.6 Å². The van der Waals surface area contributed by atoms with Crippen molar-refractivity contribution in [3.8, 4) is 0 Å². The molecule has 2 amide bonds. The minimum atomic E-state index is -0.181. The van der Waals surface area contributed by atoms with Crippen molar-refractivity contribution in [3.05, 3.63) is 65.7 Å². The van der Waals surface area contributed by atoms with Gasteiger partial charge in [0.25, 0.3) is 0 Å². The van der Waals surface area contributed by atoms with Crippen LogP contribution in [0.5, 0.6) is 0 Å². The lowest BCUT2D eigenvalue weighted by Crippen LogP contribution is -2.44. The van der Waals surface area contributed by atoms with E-state index in [2.05, 4.69) is 27.7 Å². The molecule has 0 aromatic heterocycles. The Kier molecular flexibility index (Phi) is 6.04. The summed E-state index contributed by atoms with van der Waals surface area (Å²) in [5.41, 5.74) is 3.13. The van der Waals surface area contributed by atoms with Crippen molar-refractivity contribution < 1.29 is 9.53 Å². The molecule has 5 nitrogen and oxygen atoms in total. The molecule has 0 saturated carbocycles. The van der Waals surface area contributed by atoms with Gasteiger partial charge in [0, 0.05) is 25.3 Å². The number of anilines is 1. The molecular weight excluding hydrogens is 314 g/mol. The first kappa shape index (κ1) is 17.5. The molecule has 1 saturated heterocycles. The summed E-state index contributed by atoms with van der Waals surface area (Å²) in [7, 11) is 0. The highest BCUT2D eigenvalue weighted by molar-refractivity contribution is 5.89. The number of aryl methyl sites for hydroxylation is 1. The number of urea groups is 1. The third-order valence-electron chi connectivity index (χ3n) is 4.40. The Morgan fingerprint density at radius 2 is 1.88 bits per heavy atom. The number of carbonyl (C=O) groups excluding carboxylic acids is 1. The number of carbonyl (C=O) groups is 1. The Balaban J connectivity index is 1.62. The predicted molar refractivity (Wildman–Crippen MR) is 99.8 cm³/mol. The number of nitrogens with one attached hydrogen (secondary N) is 2. The number of amides is 2. The van der Waals surface area contributed by atoms with Crippen LogP contribution in [0.4, 0.5) is 10.5 Å². The Hall–Kier alpha value is -2.37. The van der Waals surface area contributed by atoms with Crippen LogP contribution in [0.15, 0.2) is 54.6 Å². The summed E-state index contributed by atoms with van der Waals surface area (Å²) in [5, 5.41) is 5.91. The number of morpholine rings is 1. The lowest BCUT2D eigenvalue weighted by molar-refractivity contribution is 0.0168. The van der Waals surface area contributed by atoms with Gasteiger partial charge in [-0.15, -0.1) is 0 Å². The quantitative estimate of drug-likeness (QED) is 0.880. The van der Waals surface area contributed by atoms with E-state index in [1.54, 1.807) is 0 Å². The van der Waals surface area contributed by atoms with Gasteiger partial charge in [0.2, 0.25) is 0 Å². The molecule has 0 radical (unpaired) electrons. The summed E-state index contributed by atoms with van der Waals surface area (Å²) in [4.78, 5) is 14.6. The highest BCUT2D eigenvalue weighted by Gasteiger charge is 2.23. The number of ether oxygens (including phenoxy) is 1. The van der Waals surface area contributed by atoms with Crippen molar-refractivity contribution >= 4 is 11.7 Å². The molecule has 3 rings (SSSR count). The number of rotatable bonds is 5. The molecule has 0 bridgehead atoms. The lowest BCUT2D eigenvalue weighted by Gasteiger charge is -2.34. The van der Waals surface area contributed by atoms with Gasteiger partial charge in [-0.05, 0) is 30.2 Å². The fourth-order valence-electron chi connectivity index (χ4n) is 3.11. The van der Waals surface area contributed by atoms with Gasteiger partial charge in [0.05, 0.1) is 19.3 Å². The monoisotopic (exact) mass is 339 g/mol. The molecule has 5 heteroatoms. The fourth-order valence-corrected chi connectivity index (χ4v) is 3.11. The van der Waals surface area contributed by atoms with Gasteiger partial charge in [-0.25, -0.2) is 4.79 Å². The number of nitrogens with zero attached hydrogens (tertiary/aromatic N) is 1. The Labute approximate surface area is 149 Å². The van der Waals surface area contributed by atoms with E-state index in [4.69, 9.17) is 4.74 Å². The summed E-state index contributed by atoms with van der Waals surface area (Å²) < 4.78 is 5.46. The van der Waals surface area contributed by atoms with E-state index in [9.17, 15) is 4.79 Å². The Morgan fingerprint density at radius 1 is 1.12 bits per heavy atom. The summed E-state index contributed by atoms with van der Waals surface area (Å²) in [6.45, 7) is 5.79. The summed E-state index contributed by atoms with van der Waals surface area (Å²) in [5.74, 6) is 0. The second-order valence-electron chi connectivity index (χ2n) is 6.28. The SMILES string of the molecule is Cc1cccc(NC(=O)NCC(c2ccccc2)N2CCOCC2)c1. The largest absolute Gasteiger partial charge is 0.379 e. The summed E-state index contributed by atoms with van der Waals surface area (Å²) in [6.07, 6.45) is 0. The zero-order valence-electron chi connectivity index (χ0n) is 14.6. The molecule has 1 unspecified atom stereocenters. The third-order valence-corrected chi connectivity index (χ3v) is 4.40. The van der Waals surface area contributed by atoms with Crippen LogP contribution in [0, 0.1) is 6.92 Å². The maximum absolute atomic E-state index is 12.3. The van der Waals surface area contributed by atoms with Gasteiger partial charge in [0.1, 0.15) is 0 Å². The van der Waals surface area contributed by atoms with Crippen molar-refractivity contribution in [1.29, 1.82) is 0 Å². The molecule has 25 heavy (non-hydrogen) atoms. The van der Waals surface area contributed by atoms with Crippen molar-refractivity contribution in [2.45, 2.75) is 13.0 Å². The van der Waals surface area contributed by atoms with Gasteiger partial charge in [-0.2, -0.15) is 0 Å². The molecule has 1 fully saturated rings. The molecule has 2 N–H and O–H groups in total. The smallest absolute Gasteiger partial charge is 0.319 e. The minimum Gasteiger partial charge on any atom is -0.379 e. The van der Waals surface area contributed by atoms with E-state index in [0.29, 0.717) is 6.54 Å². The number of hydrogen-bond acceptors (Lipinski definition) is 3. The summed E-state index contributed by atoms with van der Waals surface area (Å²) >= 11 is 0. The van der Waals surface area contributed by atoms with Crippen LogP contribution in [-0.4, -0.2) is 43.8 Å². The molecule has 2 aromatic carbocycles. The number of benzene rings is 2. The normalized spacial score (nSPS) is 16.2. The summed E-state index contributed by atoms with van der Waals surface area (Å²) in [6, 6.07) is 18.1. The Morgan fingerprint density at radius 3 is 2.60 bits per heavy atom. The van der Waals surface area contributed by atoms with Crippen molar-refractivity contribution in [2.75, 3.05) is 38.2 Å². The van der Waals surface area contributed by atoms with E-state index < -0.39 is 0 Å². The highest BCUT2D eigenvalue weighted by Crippen LogP contribution is 2.21. The second-order valence-corrected chi connectivity index (χ2v) is 6.28. The van der Waals surface area contributed by atoms with Gasteiger partial charge >= 0.3 is 6.03 Å². The number of hydrogen-bond donors (Lipinski definition) is 2. The minimum absolute atomic E-state index is 0.147. The molecule has 132 valence electrons. The fraction of sp³-hybridized carbons (Fsp3) is 0.350. The predicted octanol–water partition coefficient (Wildman–Crippen LogP) is 3.19. The lowest BCUT2D eigenvalue weighted by atomic mass is 10.0. The first-order chi connectivity index (χ1) is 12.2. The van der Waals surface area contributed by atoms with E-state index in [-0.39, 0.29) is 12.1 Å². The first-order valence-corrected chi connectivity index (χ1v) is 8.70. The standard InChI is InChI=1S/C20H25N3O2/c1-16-6-5-9-18(14-16)22-20(24)21-15-19(17-7-3-2-4-8-17)23-10-12-25-13-11-23/h2-9,14,19H,10-13,15H2,1H3,(H2,21,22,24). The third kappa shape index (κ3) is 5.05. The van der Waals surface area contributed by atoms with Crippen molar-refractivity contribution in [3.63, 3.8) is 0 Å².